The molecule has 0 aliphatic rings. The minimum absolute atomic E-state index is 0.126. The number of aliphatic hydroxyl groups is 3. The summed E-state index contributed by atoms with van der Waals surface area (Å²) >= 11 is 0. The van der Waals surface area contributed by atoms with Gasteiger partial charge in [-0.2, -0.15) is 0 Å². The van der Waals surface area contributed by atoms with Gasteiger partial charge in [0.1, 0.15) is 6.79 Å². The molecule has 0 radical (unpaired) electrons. The summed E-state index contributed by atoms with van der Waals surface area (Å²) in [6.45, 7) is 1.01. The Labute approximate surface area is 53.7 Å². The summed E-state index contributed by atoms with van der Waals surface area (Å²) in [5.41, 5.74) is 0. The lowest BCUT2D eigenvalue weighted by Crippen LogP contribution is -2.18. The molecule has 2 atom stereocenters. The van der Waals surface area contributed by atoms with Crippen molar-refractivity contribution in [1.82, 2.24) is 0 Å². The molecule has 0 aliphatic heterocycles. The van der Waals surface area contributed by atoms with Gasteiger partial charge < -0.3 is 20.1 Å². The van der Waals surface area contributed by atoms with E-state index in [1.54, 1.807) is 0 Å². The van der Waals surface area contributed by atoms with E-state index in [0.29, 0.717) is 0 Å². The first-order chi connectivity index (χ1) is 4.16. The van der Waals surface area contributed by atoms with Gasteiger partial charge in [-0.15, -0.1) is 0 Å². The SMILES string of the molecule is CC(O)CC(O)OCO. The number of hydrogen-bond donors (Lipinski definition) is 3. The molecule has 0 saturated carbocycles. The lowest BCUT2D eigenvalue weighted by molar-refractivity contribution is -0.162. The molecule has 0 heterocycles. The van der Waals surface area contributed by atoms with E-state index >= 15 is 0 Å². The summed E-state index contributed by atoms with van der Waals surface area (Å²) in [5, 5.41) is 25.4. The maximum atomic E-state index is 8.68. The summed E-state index contributed by atoms with van der Waals surface area (Å²) in [7, 11) is 0. The normalized spacial score (nSPS) is 17.3. The third-order valence-electron chi connectivity index (χ3n) is 0.810. The molecule has 0 aromatic heterocycles. The summed E-state index contributed by atoms with van der Waals surface area (Å²) in [5.74, 6) is 0. The molecule has 0 bridgehead atoms. The molecule has 0 aliphatic carbocycles. The van der Waals surface area contributed by atoms with E-state index in [4.69, 9.17) is 15.3 Å². The Hall–Kier alpha value is -0.160. The minimum Gasteiger partial charge on any atom is -0.393 e. The topological polar surface area (TPSA) is 69.9 Å². The van der Waals surface area contributed by atoms with E-state index in [1.807, 2.05) is 0 Å². The number of aliphatic hydroxyl groups excluding tert-OH is 3. The van der Waals surface area contributed by atoms with Crippen LogP contribution in [-0.4, -0.2) is 34.5 Å². The average Bonchev–Trinajstić information content (AvgIpc) is 1.63. The van der Waals surface area contributed by atoms with E-state index in [2.05, 4.69) is 4.74 Å². The molecule has 2 unspecified atom stereocenters. The fourth-order valence-electron chi connectivity index (χ4n) is 0.446. The second-order valence-electron chi connectivity index (χ2n) is 1.84. The van der Waals surface area contributed by atoms with Crippen molar-refractivity contribution in [2.75, 3.05) is 6.79 Å². The molecule has 0 rings (SSSR count). The van der Waals surface area contributed by atoms with E-state index in [1.165, 1.54) is 6.92 Å². The third kappa shape index (κ3) is 5.72. The van der Waals surface area contributed by atoms with Crippen LogP contribution >= 0.6 is 0 Å². The standard InChI is InChI=1S/C5H12O4/c1-4(7)2-5(8)9-3-6/h4-8H,2-3H2,1H3. The molecule has 0 aromatic rings. The van der Waals surface area contributed by atoms with Crippen LogP contribution < -0.4 is 0 Å². The Kier molecular flexibility index (Phi) is 4.61. The quantitative estimate of drug-likeness (QED) is 0.435. The summed E-state index contributed by atoms with van der Waals surface area (Å²) in [6.07, 6.45) is -1.54. The van der Waals surface area contributed by atoms with Gasteiger partial charge in [-0.05, 0) is 6.92 Å². The fourth-order valence-corrected chi connectivity index (χ4v) is 0.446. The van der Waals surface area contributed by atoms with Crippen molar-refractivity contribution >= 4 is 0 Å². The predicted molar refractivity (Wildman–Crippen MR) is 30.5 cm³/mol. The first kappa shape index (κ1) is 8.84. The molecular formula is C5H12O4. The second-order valence-corrected chi connectivity index (χ2v) is 1.84. The first-order valence-electron chi connectivity index (χ1n) is 2.75. The highest BCUT2D eigenvalue weighted by Crippen LogP contribution is 1.97. The minimum atomic E-state index is -1.06. The van der Waals surface area contributed by atoms with Crippen LogP contribution in [0.4, 0.5) is 0 Å². The molecule has 0 spiro atoms. The third-order valence-corrected chi connectivity index (χ3v) is 0.810. The zero-order valence-electron chi connectivity index (χ0n) is 5.32. The molecule has 4 nitrogen and oxygen atoms in total. The van der Waals surface area contributed by atoms with E-state index in [0.717, 1.165) is 0 Å². The van der Waals surface area contributed by atoms with Crippen LogP contribution in [0.15, 0.2) is 0 Å². The number of rotatable bonds is 4. The second kappa shape index (κ2) is 4.69. The monoisotopic (exact) mass is 136 g/mol. The van der Waals surface area contributed by atoms with Crippen LogP contribution in [0.3, 0.4) is 0 Å². The highest BCUT2D eigenvalue weighted by Gasteiger charge is 2.05. The Bertz CT molecular complexity index is 64.0. The molecule has 0 fully saturated rings. The largest absolute Gasteiger partial charge is 0.393 e. The lowest BCUT2D eigenvalue weighted by Gasteiger charge is -2.10. The summed E-state index contributed by atoms with van der Waals surface area (Å²) < 4.78 is 4.30. The molecule has 9 heavy (non-hydrogen) atoms. The zero-order valence-corrected chi connectivity index (χ0v) is 5.32. The zero-order chi connectivity index (χ0) is 7.28. The molecule has 0 aromatic carbocycles. The van der Waals surface area contributed by atoms with Crippen molar-refractivity contribution in [1.29, 1.82) is 0 Å². The van der Waals surface area contributed by atoms with E-state index in [-0.39, 0.29) is 6.42 Å². The smallest absolute Gasteiger partial charge is 0.159 e. The van der Waals surface area contributed by atoms with Gasteiger partial charge in [-0.3, -0.25) is 0 Å². The highest BCUT2D eigenvalue weighted by atomic mass is 16.7. The Morgan fingerprint density at radius 2 is 2.00 bits per heavy atom. The summed E-state index contributed by atoms with van der Waals surface area (Å²) in [6, 6.07) is 0. The maximum absolute atomic E-state index is 8.68. The van der Waals surface area contributed by atoms with Gasteiger partial charge in [0.25, 0.3) is 0 Å². The molecule has 0 saturated heterocycles. The van der Waals surface area contributed by atoms with Crippen molar-refractivity contribution in [3.63, 3.8) is 0 Å². The van der Waals surface area contributed by atoms with Crippen molar-refractivity contribution in [3.05, 3.63) is 0 Å². The molecule has 56 valence electrons. The maximum Gasteiger partial charge on any atom is 0.159 e. The van der Waals surface area contributed by atoms with Crippen LogP contribution in [0.25, 0.3) is 0 Å². The van der Waals surface area contributed by atoms with Gasteiger partial charge in [0.15, 0.2) is 6.29 Å². The number of ether oxygens (including phenoxy) is 1. The van der Waals surface area contributed by atoms with Crippen molar-refractivity contribution in [3.8, 4) is 0 Å². The van der Waals surface area contributed by atoms with E-state index < -0.39 is 19.2 Å². The van der Waals surface area contributed by atoms with Gasteiger partial charge in [0.2, 0.25) is 0 Å². The molecule has 4 heteroatoms. The molecular weight excluding hydrogens is 124 g/mol. The van der Waals surface area contributed by atoms with Crippen molar-refractivity contribution < 1.29 is 20.1 Å². The van der Waals surface area contributed by atoms with Crippen LogP contribution in [0.2, 0.25) is 0 Å². The van der Waals surface area contributed by atoms with Crippen LogP contribution in [-0.2, 0) is 4.74 Å². The molecule has 0 amide bonds. The van der Waals surface area contributed by atoms with Gasteiger partial charge >= 0.3 is 0 Å². The van der Waals surface area contributed by atoms with Gasteiger partial charge in [0, 0.05) is 6.42 Å². The van der Waals surface area contributed by atoms with Gasteiger partial charge in [-0.25, -0.2) is 0 Å². The summed E-state index contributed by atoms with van der Waals surface area (Å²) in [4.78, 5) is 0. The van der Waals surface area contributed by atoms with Gasteiger partial charge in [0.05, 0.1) is 6.10 Å². The first-order valence-corrected chi connectivity index (χ1v) is 2.75. The van der Waals surface area contributed by atoms with Crippen molar-refractivity contribution in [2.24, 2.45) is 0 Å². The van der Waals surface area contributed by atoms with E-state index in [9.17, 15) is 0 Å². The predicted octanol–water partition coefficient (Wildman–Crippen LogP) is -0.958. The van der Waals surface area contributed by atoms with Crippen LogP contribution in [0, 0.1) is 0 Å². The highest BCUT2D eigenvalue weighted by molar-refractivity contribution is 4.47. The van der Waals surface area contributed by atoms with Gasteiger partial charge in [-0.1, -0.05) is 0 Å². The Morgan fingerprint density at radius 3 is 2.33 bits per heavy atom. The lowest BCUT2D eigenvalue weighted by atomic mass is 10.3. The number of hydrogen-bond acceptors (Lipinski definition) is 4. The molecule has 3 N–H and O–H groups in total. The van der Waals surface area contributed by atoms with Crippen molar-refractivity contribution in [2.45, 2.75) is 25.7 Å². The van der Waals surface area contributed by atoms with Crippen LogP contribution in [0.5, 0.6) is 0 Å². The average molecular weight is 136 g/mol. The fraction of sp³-hybridized carbons (Fsp3) is 1.00. The Balaban J connectivity index is 3.15. The van der Waals surface area contributed by atoms with Crippen LogP contribution in [0.1, 0.15) is 13.3 Å². The Morgan fingerprint density at radius 1 is 1.44 bits per heavy atom.